The smallest absolute Gasteiger partial charge is 0.351 e. The van der Waals surface area contributed by atoms with Gasteiger partial charge in [0.15, 0.2) is 0 Å². The van der Waals surface area contributed by atoms with Crippen molar-refractivity contribution in [3.63, 3.8) is 0 Å². The van der Waals surface area contributed by atoms with E-state index in [1.54, 1.807) is 19.1 Å². The number of ether oxygens (including phenoxy) is 4. The number of hydrogen-bond donors (Lipinski definition) is 0. The summed E-state index contributed by atoms with van der Waals surface area (Å²) >= 11 is 1.31. The minimum absolute atomic E-state index is 0.0759. The summed E-state index contributed by atoms with van der Waals surface area (Å²) in [6.45, 7) is 3.72. The largest absolute Gasteiger partial charge is 0.461 e. The number of epoxide rings is 1. The average Bonchev–Trinajstić information content (AvgIpc) is 3.09. The summed E-state index contributed by atoms with van der Waals surface area (Å²) in [7, 11) is 3.78. The Kier molecular flexibility index (Phi) is 4.94. The van der Waals surface area contributed by atoms with E-state index in [2.05, 4.69) is 0 Å². The van der Waals surface area contributed by atoms with Crippen LogP contribution in [0.25, 0.3) is 10.1 Å². The lowest BCUT2D eigenvalue weighted by Crippen LogP contribution is -2.49. The van der Waals surface area contributed by atoms with E-state index in [0.717, 1.165) is 10.1 Å². The van der Waals surface area contributed by atoms with Gasteiger partial charge in [-0.2, -0.15) is 0 Å². The van der Waals surface area contributed by atoms with Gasteiger partial charge in [0.05, 0.1) is 29.1 Å². The fraction of sp³-hybridized carbons (Fsp3) is 0.500. The zero-order valence-electron chi connectivity index (χ0n) is 20.0. The third-order valence-corrected chi connectivity index (χ3v) is 8.92. The van der Waals surface area contributed by atoms with Crippen LogP contribution in [0.2, 0.25) is 0 Å². The highest BCUT2D eigenvalue weighted by atomic mass is 32.1. The summed E-state index contributed by atoms with van der Waals surface area (Å²) in [4.78, 5) is 41.8. The maximum absolute atomic E-state index is 13.5. The molecule has 184 valence electrons. The summed E-state index contributed by atoms with van der Waals surface area (Å²) < 4.78 is 24.8. The Morgan fingerprint density at radius 3 is 2.74 bits per heavy atom. The van der Waals surface area contributed by atoms with Crippen molar-refractivity contribution in [2.24, 2.45) is 11.8 Å². The van der Waals surface area contributed by atoms with E-state index in [9.17, 15) is 14.4 Å². The van der Waals surface area contributed by atoms with E-state index in [1.165, 1.54) is 11.3 Å². The number of hydrogen-bond acceptors (Lipinski definition) is 9. The van der Waals surface area contributed by atoms with Crippen LogP contribution in [0.4, 0.5) is 0 Å². The van der Waals surface area contributed by atoms with E-state index >= 15 is 0 Å². The molecule has 0 amide bonds. The molecule has 2 bridgehead atoms. The van der Waals surface area contributed by atoms with Crippen molar-refractivity contribution in [2.75, 3.05) is 14.1 Å². The number of carbonyl (C=O) groups excluding carboxylic acids is 3. The second-order valence-corrected chi connectivity index (χ2v) is 11.5. The van der Waals surface area contributed by atoms with Crippen LogP contribution in [-0.2, 0) is 28.5 Å². The van der Waals surface area contributed by atoms with Crippen molar-refractivity contribution in [3.8, 4) is 0 Å². The molecule has 6 rings (SSSR count). The van der Waals surface area contributed by atoms with Gasteiger partial charge in [-0.3, -0.25) is 4.79 Å². The number of likely N-dealkylation sites (N-methyl/N-ethyl adjacent to an activating group) is 1. The van der Waals surface area contributed by atoms with Crippen LogP contribution in [-0.4, -0.2) is 66.5 Å². The van der Waals surface area contributed by atoms with E-state index in [4.69, 9.17) is 18.9 Å². The predicted octanol–water partition coefficient (Wildman–Crippen LogP) is 3.30. The highest BCUT2D eigenvalue weighted by Gasteiger charge is 2.66. The molecule has 1 aromatic heterocycles. The van der Waals surface area contributed by atoms with Crippen LogP contribution in [0.3, 0.4) is 0 Å². The first-order valence-corrected chi connectivity index (χ1v) is 12.6. The molecule has 0 spiro atoms. The van der Waals surface area contributed by atoms with Gasteiger partial charge in [0.1, 0.15) is 11.0 Å². The lowest BCUT2D eigenvalue weighted by Gasteiger charge is -2.35. The Labute approximate surface area is 206 Å². The van der Waals surface area contributed by atoms with E-state index in [-0.39, 0.29) is 12.1 Å². The van der Waals surface area contributed by atoms with Gasteiger partial charge in [-0.05, 0) is 45.0 Å². The standard InChI is InChI=1S/C26H27NO7S/c1-13-21-17(31-22(13)28)12-25(2)20(32-25)10-16(27(3)4)15-11-26(21,33-23(15)29)34-24(30)19-9-14-7-5-6-8-18(14)35-19/h5-9,11,13,16-17,20-21H,10,12H2,1-4H3. The molecule has 7 atom stereocenters. The normalized spacial score (nSPS) is 37.9. The SMILES string of the molecule is CC1C(=O)OC2CC3(C)OC3CC(N(C)C)C3=CC(OC(=O)c4cc5ccccc5s4)(OC3=O)C21. The van der Waals surface area contributed by atoms with E-state index in [0.29, 0.717) is 23.3 Å². The van der Waals surface area contributed by atoms with E-state index in [1.807, 2.05) is 50.2 Å². The minimum atomic E-state index is -1.75. The first-order chi connectivity index (χ1) is 16.6. The highest BCUT2D eigenvalue weighted by Crippen LogP contribution is 2.53. The summed E-state index contributed by atoms with van der Waals surface area (Å²) in [5.74, 6) is -4.65. The molecule has 0 N–H and O–H groups in total. The Morgan fingerprint density at radius 1 is 1.23 bits per heavy atom. The molecule has 0 radical (unpaired) electrons. The van der Waals surface area contributed by atoms with Gasteiger partial charge in [0.2, 0.25) is 0 Å². The zero-order chi connectivity index (χ0) is 24.7. The number of thiophene rings is 1. The number of carbonyl (C=O) groups is 3. The fourth-order valence-electron chi connectivity index (χ4n) is 5.86. The van der Waals surface area contributed by atoms with Gasteiger partial charge >= 0.3 is 17.9 Å². The molecule has 2 fully saturated rings. The summed E-state index contributed by atoms with van der Waals surface area (Å²) in [6.07, 6.45) is 1.93. The molecule has 8 nitrogen and oxygen atoms in total. The van der Waals surface area contributed by atoms with Crippen molar-refractivity contribution in [2.45, 2.75) is 56.3 Å². The minimum Gasteiger partial charge on any atom is -0.461 e. The van der Waals surface area contributed by atoms with Crippen LogP contribution < -0.4 is 0 Å². The molecule has 3 aliphatic heterocycles. The number of benzene rings is 1. The number of esters is 3. The topological polar surface area (TPSA) is 94.7 Å². The van der Waals surface area contributed by atoms with Crippen molar-refractivity contribution in [1.82, 2.24) is 4.90 Å². The molecular weight excluding hydrogens is 470 g/mol. The quantitative estimate of drug-likeness (QED) is 0.471. The molecule has 9 heteroatoms. The molecule has 1 aromatic carbocycles. The summed E-state index contributed by atoms with van der Waals surface area (Å²) in [6, 6.07) is 9.15. The summed E-state index contributed by atoms with van der Waals surface area (Å²) in [5, 5.41) is 0.927. The van der Waals surface area contributed by atoms with Crippen LogP contribution in [0.1, 0.15) is 36.4 Å². The van der Waals surface area contributed by atoms with Crippen molar-refractivity contribution < 1.29 is 33.3 Å². The molecule has 7 unspecified atom stereocenters. The highest BCUT2D eigenvalue weighted by molar-refractivity contribution is 7.20. The molecule has 2 aromatic rings. The first kappa shape index (κ1) is 22.7. The molecule has 35 heavy (non-hydrogen) atoms. The van der Waals surface area contributed by atoms with Crippen molar-refractivity contribution in [1.29, 1.82) is 0 Å². The maximum atomic E-state index is 13.5. The summed E-state index contributed by atoms with van der Waals surface area (Å²) in [5.41, 5.74) is -0.0809. The average molecular weight is 498 g/mol. The van der Waals surface area contributed by atoms with Crippen molar-refractivity contribution >= 4 is 39.3 Å². The lowest BCUT2D eigenvalue weighted by atomic mass is 9.78. The number of fused-ring (bicyclic) bond motifs is 5. The third kappa shape index (κ3) is 3.51. The van der Waals surface area contributed by atoms with Gasteiger partial charge in [-0.25, -0.2) is 9.59 Å². The predicted molar refractivity (Wildman–Crippen MR) is 127 cm³/mol. The van der Waals surface area contributed by atoms with Gasteiger partial charge in [0.25, 0.3) is 5.79 Å². The molecular formula is C26H27NO7S. The Morgan fingerprint density at radius 2 is 2.00 bits per heavy atom. The van der Waals surface area contributed by atoms with Crippen molar-refractivity contribution in [3.05, 3.63) is 46.9 Å². The number of rotatable bonds is 3. The zero-order valence-corrected chi connectivity index (χ0v) is 20.8. The number of nitrogens with zero attached hydrogens (tertiary/aromatic N) is 1. The molecule has 4 heterocycles. The Hall–Kier alpha value is -2.75. The van der Waals surface area contributed by atoms with Gasteiger partial charge in [0, 0.05) is 23.2 Å². The van der Waals surface area contributed by atoms with E-state index < -0.39 is 47.2 Å². The molecule has 0 saturated carbocycles. The Balaban J connectivity index is 1.45. The second kappa shape index (κ2) is 7.62. The first-order valence-electron chi connectivity index (χ1n) is 11.8. The van der Waals surface area contributed by atoms with Crippen LogP contribution in [0.15, 0.2) is 42.0 Å². The second-order valence-electron chi connectivity index (χ2n) is 10.4. The van der Waals surface area contributed by atoms with Gasteiger partial charge < -0.3 is 23.8 Å². The third-order valence-electron chi connectivity index (χ3n) is 7.83. The van der Waals surface area contributed by atoms with Gasteiger partial charge in [-0.1, -0.05) is 25.1 Å². The fourth-order valence-corrected chi connectivity index (χ4v) is 6.80. The maximum Gasteiger partial charge on any atom is 0.351 e. The van der Waals surface area contributed by atoms with Crippen LogP contribution in [0.5, 0.6) is 0 Å². The molecule has 4 aliphatic rings. The van der Waals surface area contributed by atoms with Crippen LogP contribution in [0, 0.1) is 11.8 Å². The van der Waals surface area contributed by atoms with Gasteiger partial charge in [-0.15, -0.1) is 11.3 Å². The van der Waals surface area contributed by atoms with Crippen LogP contribution >= 0.6 is 11.3 Å². The lowest BCUT2D eigenvalue weighted by molar-refractivity contribution is -0.207. The monoisotopic (exact) mass is 497 g/mol. The Bertz CT molecular complexity index is 1250. The molecule has 1 aliphatic carbocycles. The molecule has 2 saturated heterocycles.